The second-order valence-electron chi connectivity index (χ2n) is 3.09. The van der Waals surface area contributed by atoms with E-state index in [4.69, 9.17) is 5.11 Å². The molecule has 1 atom stereocenters. The highest BCUT2D eigenvalue weighted by Gasteiger charge is 2.20. The minimum Gasteiger partial charge on any atom is -0.481 e. The third-order valence-corrected chi connectivity index (χ3v) is 3.62. The van der Waals surface area contributed by atoms with Gasteiger partial charge in [0.1, 0.15) is 5.92 Å². The highest BCUT2D eigenvalue weighted by atomic mass is 32.2. The smallest absolute Gasteiger partial charge is 0.315 e. The number of nitrogens with one attached hydrogen (secondary N) is 1. The van der Waals surface area contributed by atoms with Crippen LogP contribution in [0.2, 0.25) is 0 Å². The zero-order valence-corrected chi connectivity index (χ0v) is 9.50. The summed E-state index contributed by atoms with van der Waals surface area (Å²) in [5.41, 5.74) is 0. The third-order valence-electron chi connectivity index (χ3n) is 1.92. The SMILES string of the molecule is CCS(=O)(=O)CCNC(=O)C(C)C(=O)O. The molecular formula is C8H15NO5S. The molecule has 0 aliphatic carbocycles. The van der Waals surface area contributed by atoms with E-state index in [1.165, 1.54) is 13.8 Å². The van der Waals surface area contributed by atoms with Crippen LogP contribution in [0.25, 0.3) is 0 Å². The van der Waals surface area contributed by atoms with E-state index in [0.29, 0.717) is 0 Å². The van der Waals surface area contributed by atoms with Crippen molar-refractivity contribution < 1.29 is 23.1 Å². The van der Waals surface area contributed by atoms with Gasteiger partial charge in [0.25, 0.3) is 0 Å². The molecule has 0 fully saturated rings. The molecule has 7 heteroatoms. The van der Waals surface area contributed by atoms with Crippen LogP contribution in [-0.2, 0) is 19.4 Å². The number of carbonyl (C=O) groups is 2. The van der Waals surface area contributed by atoms with E-state index in [-0.39, 0.29) is 18.1 Å². The van der Waals surface area contributed by atoms with Gasteiger partial charge in [-0.05, 0) is 6.92 Å². The van der Waals surface area contributed by atoms with Crippen LogP contribution < -0.4 is 5.32 Å². The number of carbonyl (C=O) groups excluding carboxylic acids is 1. The highest BCUT2D eigenvalue weighted by Crippen LogP contribution is 1.94. The van der Waals surface area contributed by atoms with Gasteiger partial charge in [0.15, 0.2) is 9.84 Å². The van der Waals surface area contributed by atoms with Crippen molar-refractivity contribution in [3.8, 4) is 0 Å². The second kappa shape index (κ2) is 5.69. The summed E-state index contributed by atoms with van der Waals surface area (Å²) in [7, 11) is -3.12. The fraction of sp³-hybridized carbons (Fsp3) is 0.750. The number of aliphatic carboxylic acids is 1. The fourth-order valence-electron chi connectivity index (χ4n) is 0.739. The molecule has 6 nitrogen and oxygen atoms in total. The molecule has 0 saturated carbocycles. The lowest BCUT2D eigenvalue weighted by atomic mass is 10.2. The average Bonchev–Trinajstić information content (AvgIpc) is 2.16. The summed E-state index contributed by atoms with van der Waals surface area (Å²) in [6.07, 6.45) is 0. The lowest BCUT2D eigenvalue weighted by molar-refractivity contribution is -0.146. The van der Waals surface area contributed by atoms with Gasteiger partial charge in [0.05, 0.1) is 5.75 Å². The highest BCUT2D eigenvalue weighted by molar-refractivity contribution is 7.91. The first-order valence-corrected chi connectivity index (χ1v) is 6.33. The van der Waals surface area contributed by atoms with Crippen molar-refractivity contribution in [1.82, 2.24) is 5.32 Å². The van der Waals surface area contributed by atoms with Gasteiger partial charge in [-0.1, -0.05) is 6.92 Å². The normalized spacial score (nSPS) is 13.2. The Hall–Kier alpha value is -1.11. The summed E-state index contributed by atoms with van der Waals surface area (Å²) in [5.74, 6) is -3.21. The number of hydrogen-bond acceptors (Lipinski definition) is 4. The monoisotopic (exact) mass is 237 g/mol. The number of amides is 1. The molecule has 0 aromatic heterocycles. The molecular weight excluding hydrogens is 222 g/mol. The Labute approximate surface area is 88.6 Å². The fourth-order valence-corrected chi connectivity index (χ4v) is 1.44. The van der Waals surface area contributed by atoms with Gasteiger partial charge in [-0.15, -0.1) is 0 Å². The number of carboxylic acids is 1. The first-order chi connectivity index (χ1) is 6.80. The van der Waals surface area contributed by atoms with Crippen LogP contribution in [0.15, 0.2) is 0 Å². The minimum absolute atomic E-state index is 0.0113. The van der Waals surface area contributed by atoms with Crippen molar-refractivity contribution in [2.45, 2.75) is 13.8 Å². The van der Waals surface area contributed by atoms with Gasteiger partial charge in [-0.25, -0.2) is 8.42 Å². The Morgan fingerprint density at radius 1 is 1.40 bits per heavy atom. The molecule has 0 bridgehead atoms. The number of carboxylic acid groups (broad SMARTS) is 1. The predicted molar refractivity (Wildman–Crippen MR) is 54.1 cm³/mol. The number of sulfone groups is 1. The van der Waals surface area contributed by atoms with Crippen LogP contribution >= 0.6 is 0 Å². The maximum Gasteiger partial charge on any atom is 0.315 e. The van der Waals surface area contributed by atoms with E-state index in [9.17, 15) is 18.0 Å². The van der Waals surface area contributed by atoms with Crippen molar-refractivity contribution in [2.24, 2.45) is 5.92 Å². The summed E-state index contributed by atoms with van der Waals surface area (Å²) in [6.45, 7) is 2.70. The molecule has 1 unspecified atom stereocenters. The summed E-state index contributed by atoms with van der Waals surface area (Å²) >= 11 is 0. The van der Waals surface area contributed by atoms with Gasteiger partial charge in [0, 0.05) is 12.3 Å². The molecule has 0 heterocycles. The summed E-state index contributed by atoms with van der Waals surface area (Å²) in [5, 5.41) is 10.7. The summed E-state index contributed by atoms with van der Waals surface area (Å²) < 4.78 is 22.0. The van der Waals surface area contributed by atoms with Gasteiger partial charge < -0.3 is 10.4 Å². The van der Waals surface area contributed by atoms with Crippen molar-refractivity contribution in [3.05, 3.63) is 0 Å². The van der Waals surface area contributed by atoms with E-state index in [1.807, 2.05) is 0 Å². The van der Waals surface area contributed by atoms with Gasteiger partial charge in [-0.3, -0.25) is 9.59 Å². The largest absolute Gasteiger partial charge is 0.481 e. The standard InChI is InChI=1S/C8H15NO5S/c1-3-15(13,14)5-4-9-7(10)6(2)8(11)12/h6H,3-5H2,1-2H3,(H,9,10)(H,11,12). The van der Waals surface area contributed by atoms with Crippen LogP contribution in [0.5, 0.6) is 0 Å². The molecule has 0 rings (SSSR count). The molecule has 0 aromatic rings. The second-order valence-corrected chi connectivity index (χ2v) is 5.56. The van der Waals surface area contributed by atoms with Crippen molar-refractivity contribution >= 4 is 21.7 Å². The van der Waals surface area contributed by atoms with Crippen LogP contribution in [0.4, 0.5) is 0 Å². The van der Waals surface area contributed by atoms with Crippen molar-refractivity contribution in [3.63, 3.8) is 0 Å². The Kier molecular flexibility index (Phi) is 5.27. The van der Waals surface area contributed by atoms with Gasteiger partial charge in [0.2, 0.25) is 5.91 Å². The molecule has 15 heavy (non-hydrogen) atoms. The minimum atomic E-state index is -3.12. The molecule has 88 valence electrons. The van der Waals surface area contributed by atoms with E-state index < -0.39 is 27.6 Å². The quantitative estimate of drug-likeness (QED) is 0.592. The van der Waals surface area contributed by atoms with Crippen LogP contribution in [-0.4, -0.2) is 43.5 Å². The molecule has 1 amide bonds. The molecule has 2 N–H and O–H groups in total. The maximum absolute atomic E-state index is 11.1. The molecule has 0 radical (unpaired) electrons. The maximum atomic E-state index is 11.1. The lowest BCUT2D eigenvalue weighted by Crippen LogP contribution is -2.36. The Morgan fingerprint density at radius 3 is 2.33 bits per heavy atom. The van der Waals surface area contributed by atoms with E-state index in [2.05, 4.69) is 5.32 Å². The zero-order chi connectivity index (χ0) is 12.1. The topological polar surface area (TPSA) is 101 Å². The van der Waals surface area contributed by atoms with Crippen molar-refractivity contribution in [1.29, 1.82) is 0 Å². The first-order valence-electron chi connectivity index (χ1n) is 4.51. The number of hydrogen-bond donors (Lipinski definition) is 2. The van der Waals surface area contributed by atoms with E-state index in [1.54, 1.807) is 0 Å². The summed E-state index contributed by atoms with van der Waals surface area (Å²) in [6, 6.07) is 0. The van der Waals surface area contributed by atoms with E-state index in [0.717, 1.165) is 0 Å². The molecule has 0 saturated heterocycles. The molecule has 0 spiro atoms. The number of rotatable bonds is 6. The van der Waals surface area contributed by atoms with Crippen LogP contribution in [0.1, 0.15) is 13.8 Å². The predicted octanol–water partition coefficient (Wildman–Crippen LogP) is -0.742. The third kappa shape index (κ3) is 5.36. The molecule has 0 aliphatic heterocycles. The Morgan fingerprint density at radius 2 is 1.93 bits per heavy atom. The lowest BCUT2D eigenvalue weighted by Gasteiger charge is -2.07. The summed E-state index contributed by atoms with van der Waals surface area (Å²) in [4.78, 5) is 21.4. The van der Waals surface area contributed by atoms with Gasteiger partial charge in [-0.2, -0.15) is 0 Å². The molecule has 0 aliphatic rings. The van der Waals surface area contributed by atoms with Crippen molar-refractivity contribution in [2.75, 3.05) is 18.1 Å². The van der Waals surface area contributed by atoms with Crippen LogP contribution in [0.3, 0.4) is 0 Å². The average molecular weight is 237 g/mol. The van der Waals surface area contributed by atoms with Crippen LogP contribution in [0, 0.1) is 5.92 Å². The van der Waals surface area contributed by atoms with Gasteiger partial charge >= 0.3 is 5.97 Å². The Bertz CT molecular complexity index is 335. The zero-order valence-electron chi connectivity index (χ0n) is 8.69. The molecule has 0 aromatic carbocycles. The van der Waals surface area contributed by atoms with E-state index >= 15 is 0 Å². The first kappa shape index (κ1) is 13.9. The Balaban J connectivity index is 3.99.